The number of aryl methyl sites for hydroxylation is 1. The molecule has 0 bridgehead atoms. The standard InChI is InChI=1S/C26H25N7O2/c1-17-12-13-20(15-22(17)31-26(35)33(3)25-29-16-28-24(27-2)32-25)23(34)30-21-11-7-10-19(14-21)18-8-5-4-6-9-18/h4-16H,1-3H3,(H,30,34)(H,31,35)(H,27,28,29,32). The molecule has 176 valence electrons. The molecule has 0 unspecified atom stereocenters. The molecule has 0 atom stereocenters. The van der Waals surface area contributed by atoms with Crippen molar-refractivity contribution in [1.82, 2.24) is 15.0 Å². The molecule has 3 N–H and O–H groups in total. The van der Waals surface area contributed by atoms with Crippen molar-refractivity contribution < 1.29 is 9.59 Å². The van der Waals surface area contributed by atoms with Crippen molar-refractivity contribution in [2.45, 2.75) is 6.92 Å². The Kier molecular flexibility index (Phi) is 6.96. The van der Waals surface area contributed by atoms with Gasteiger partial charge in [-0.15, -0.1) is 0 Å². The average Bonchev–Trinajstić information content (AvgIpc) is 2.90. The fourth-order valence-corrected chi connectivity index (χ4v) is 3.37. The van der Waals surface area contributed by atoms with Crippen LogP contribution in [0.25, 0.3) is 11.1 Å². The van der Waals surface area contributed by atoms with E-state index in [1.165, 1.54) is 11.2 Å². The molecule has 4 aromatic rings. The second-order valence-corrected chi connectivity index (χ2v) is 7.78. The van der Waals surface area contributed by atoms with Crippen LogP contribution < -0.4 is 20.9 Å². The first-order valence-electron chi connectivity index (χ1n) is 10.9. The van der Waals surface area contributed by atoms with E-state index in [1.54, 1.807) is 32.3 Å². The molecule has 0 aliphatic heterocycles. The van der Waals surface area contributed by atoms with Crippen molar-refractivity contribution in [1.29, 1.82) is 0 Å². The summed E-state index contributed by atoms with van der Waals surface area (Å²) in [5.74, 6) is 0.253. The minimum atomic E-state index is -0.450. The third-order valence-corrected chi connectivity index (χ3v) is 5.36. The molecule has 0 aliphatic carbocycles. The molecule has 1 heterocycles. The second kappa shape index (κ2) is 10.4. The lowest BCUT2D eigenvalue weighted by molar-refractivity contribution is 0.102. The maximum atomic E-state index is 13.0. The van der Waals surface area contributed by atoms with Gasteiger partial charge in [0.05, 0.1) is 0 Å². The topological polar surface area (TPSA) is 112 Å². The van der Waals surface area contributed by atoms with Gasteiger partial charge in [0.1, 0.15) is 6.33 Å². The van der Waals surface area contributed by atoms with Crippen molar-refractivity contribution in [3.63, 3.8) is 0 Å². The Morgan fingerprint density at radius 1 is 0.857 bits per heavy atom. The Labute approximate surface area is 203 Å². The molecular weight excluding hydrogens is 442 g/mol. The SMILES string of the molecule is CNc1ncnc(N(C)C(=O)Nc2cc(C(=O)Nc3cccc(-c4ccccc4)c3)ccc2C)n1. The zero-order valence-corrected chi connectivity index (χ0v) is 19.6. The van der Waals surface area contributed by atoms with Crippen LogP contribution in [0.4, 0.5) is 28.1 Å². The molecule has 4 rings (SSSR count). The highest BCUT2D eigenvalue weighted by Gasteiger charge is 2.17. The minimum absolute atomic E-state index is 0.187. The minimum Gasteiger partial charge on any atom is -0.357 e. The third kappa shape index (κ3) is 5.59. The molecule has 9 heteroatoms. The lowest BCUT2D eigenvalue weighted by Gasteiger charge is -2.17. The van der Waals surface area contributed by atoms with Gasteiger partial charge in [-0.25, -0.2) is 14.8 Å². The van der Waals surface area contributed by atoms with Crippen LogP contribution in [0, 0.1) is 6.92 Å². The summed E-state index contributed by atoms with van der Waals surface area (Å²) in [6, 6.07) is 22.3. The summed E-state index contributed by atoms with van der Waals surface area (Å²) in [6.45, 7) is 1.85. The van der Waals surface area contributed by atoms with E-state index in [2.05, 4.69) is 30.9 Å². The van der Waals surface area contributed by atoms with Crippen LogP contribution in [0.2, 0.25) is 0 Å². The van der Waals surface area contributed by atoms with E-state index >= 15 is 0 Å². The largest absolute Gasteiger partial charge is 0.357 e. The molecule has 0 saturated carbocycles. The van der Waals surface area contributed by atoms with Crippen LogP contribution in [0.15, 0.2) is 79.1 Å². The maximum Gasteiger partial charge on any atom is 0.328 e. The van der Waals surface area contributed by atoms with E-state index in [9.17, 15) is 9.59 Å². The highest BCUT2D eigenvalue weighted by atomic mass is 16.2. The average molecular weight is 468 g/mol. The Balaban J connectivity index is 1.49. The highest BCUT2D eigenvalue weighted by Crippen LogP contribution is 2.24. The number of nitrogens with zero attached hydrogens (tertiary/aromatic N) is 4. The fraction of sp³-hybridized carbons (Fsp3) is 0.115. The summed E-state index contributed by atoms with van der Waals surface area (Å²) in [6.07, 6.45) is 1.32. The lowest BCUT2D eigenvalue weighted by atomic mass is 10.0. The Hall–Kier alpha value is -4.79. The zero-order chi connectivity index (χ0) is 24.8. The van der Waals surface area contributed by atoms with Crippen molar-refractivity contribution >= 4 is 35.2 Å². The number of hydrogen-bond donors (Lipinski definition) is 3. The predicted molar refractivity (Wildman–Crippen MR) is 138 cm³/mol. The third-order valence-electron chi connectivity index (χ3n) is 5.36. The van der Waals surface area contributed by atoms with Crippen LogP contribution in [-0.2, 0) is 0 Å². The van der Waals surface area contributed by atoms with Crippen molar-refractivity contribution in [3.8, 4) is 11.1 Å². The Bertz CT molecular complexity index is 1360. The molecule has 1 aromatic heterocycles. The number of urea groups is 1. The predicted octanol–water partition coefficient (Wildman–Crippen LogP) is 4.81. The van der Waals surface area contributed by atoms with Gasteiger partial charge < -0.3 is 16.0 Å². The molecule has 0 radical (unpaired) electrons. The van der Waals surface area contributed by atoms with Crippen LogP contribution in [0.3, 0.4) is 0 Å². The summed E-state index contributed by atoms with van der Waals surface area (Å²) in [5.41, 5.74) is 4.47. The van der Waals surface area contributed by atoms with E-state index in [-0.39, 0.29) is 11.9 Å². The lowest BCUT2D eigenvalue weighted by Crippen LogP contribution is -2.33. The molecule has 9 nitrogen and oxygen atoms in total. The number of carbonyl (C=O) groups is 2. The second-order valence-electron chi connectivity index (χ2n) is 7.78. The molecule has 0 fully saturated rings. The monoisotopic (exact) mass is 467 g/mol. The van der Waals surface area contributed by atoms with Gasteiger partial charge >= 0.3 is 6.03 Å². The van der Waals surface area contributed by atoms with Gasteiger partial charge in [0, 0.05) is 31.0 Å². The molecule has 3 aromatic carbocycles. The number of carbonyl (C=O) groups excluding carboxylic acids is 2. The van der Waals surface area contributed by atoms with E-state index in [0.29, 0.717) is 22.9 Å². The molecule has 35 heavy (non-hydrogen) atoms. The van der Waals surface area contributed by atoms with E-state index in [0.717, 1.165) is 16.7 Å². The first-order chi connectivity index (χ1) is 16.9. The normalized spacial score (nSPS) is 10.4. The number of rotatable bonds is 6. The van der Waals surface area contributed by atoms with Gasteiger partial charge in [-0.05, 0) is 47.9 Å². The van der Waals surface area contributed by atoms with Crippen molar-refractivity contribution in [3.05, 3.63) is 90.3 Å². The molecule has 3 amide bonds. The van der Waals surface area contributed by atoms with Crippen molar-refractivity contribution in [2.75, 3.05) is 34.9 Å². The molecular formula is C26H25N7O2. The number of hydrogen-bond acceptors (Lipinski definition) is 6. The summed E-state index contributed by atoms with van der Waals surface area (Å²) in [7, 11) is 3.23. The van der Waals surface area contributed by atoms with Gasteiger partial charge in [-0.3, -0.25) is 9.69 Å². The summed E-state index contributed by atoms with van der Waals surface area (Å²) < 4.78 is 0. The van der Waals surface area contributed by atoms with Gasteiger partial charge in [0.25, 0.3) is 5.91 Å². The number of nitrogens with one attached hydrogen (secondary N) is 3. The van der Waals surface area contributed by atoms with Crippen molar-refractivity contribution in [2.24, 2.45) is 0 Å². The van der Waals surface area contributed by atoms with Crippen LogP contribution in [0.1, 0.15) is 15.9 Å². The van der Waals surface area contributed by atoms with Gasteiger partial charge in [0.15, 0.2) is 0 Å². The highest BCUT2D eigenvalue weighted by molar-refractivity contribution is 6.06. The first-order valence-corrected chi connectivity index (χ1v) is 10.9. The van der Waals surface area contributed by atoms with E-state index < -0.39 is 6.03 Å². The number of amides is 3. The Morgan fingerprint density at radius 3 is 2.40 bits per heavy atom. The fourth-order valence-electron chi connectivity index (χ4n) is 3.37. The smallest absolute Gasteiger partial charge is 0.328 e. The quantitative estimate of drug-likeness (QED) is 0.375. The number of benzene rings is 3. The maximum absolute atomic E-state index is 13.0. The first kappa shape index (κ1) is 23.4. The summed E-state index contributed by atoms with van der Waals surface area (Å²) in [4.78, 5) is 39.2. The van der Waals surface area contributed by atoms with Gasteiger partial charge in [-0.2, -0.15) is 4.98 Å². The number of anilines is 4. The van der Waals surface area contributed by atoms with Crippen LogP contribution >= 0.6 is 0 Å². The Morgan fingerprint density at radius 2 is 1.63 bits per heavy atom. The van der Waals surface area contributed by atoms with Crippen LogP contribution in [-0.4, -0.2) is 41.0 Å². The zero-order valence-electron chi connectivity index (χ0n) is 19.6. The molecule has 0 spiro atoms. The van der Waals surface area contributed by atoms with Crippen LogP contribution in [0.5, 0.6) is 0 Å². The number of aromatic nitrogens is 3. The van der Waals surface area contributed by atoms with E-state index in [1.807, 2.05) is 61.5 Å². The molecule has 0 saturated heterocycles. The molecule has 0 aliphatic rings. The van der Waals surface area contributed by atoms with Gasteiger partial charge in [-0.1, -0.05) is 48.5 Å². The summed E-state index contributed by atoms with van der Waals surface area (Å²) in [5, 5.41) is 8.56. The summed E-state index contributed by atoms with van der Waals surface area (Å²) >= 11 is 0. The van der Waals surface area contributed by atoms with E-state index in [4.69, 9.17) is 0 Å². The van der Waals surface area contributed by atoms with Gasteiger partial charge in [0.2, 0.25) is 11.9 Å².